The normalized spacial score (nSPS) is 28.6. The summed E-state index contributed by atoms with van der Waals surface area (Å²) in [5, 5.41) is 0. The molecule has 0 radical (unpaired) electrons. The summed E-state index contributed by atoms with van der Waals surface area (Å²) in [4.78, 5) is 9.90. The second kappa shape index (κ2) is 3.54. The van der Waals surface area contributed by atoms with Gasteiger partial charge in [0.15, 0.2) is 11.6 Å². The first-order valence-electron chi connectivity index (χ1n) is 5.66. The van der Waals surface area contributed by atoms with Crippen molar-refractivity contribution in [2.45, 2.75) is 37.8 Å². The van der Waals surface area contributed by atoms with Crippen molar-refractivity contribution in [2.24, 2.45) is 0 Å². The molecule has 0 spiro atoms. The Morgan fingerprint density at radius 3 is 2.62 bits per heavy atom. The third-order valence-corrected chi connectivity index (χ3v) is 3.56. The number of nitrogens with zero attached hydrogens (tertiary/aromatic N) is 3. The van der Waals surface area contributed by atoms with Gasteiger partial charge in [0, 0.05) is 12.1 Å². The molecule has 2 saturated heterocycles. The van der Waals surface area contributed by atoms with Crippen molar-refractivity contribution in [1.82, 2.24) is 9.97 Å². The van der Waals surface area contributed by atoms with Crippen molar-refractivity contribution in [1.29, 1.82) is 0 Å². The summed E-state index contributed by atoms with van der Waals surface area (Å²) in [6.45, 7) is 4.05. The van der Waals surface area contributed by atoms with Gasteiger partial charge in [0.2, 0.25) is 0 Å². The van der Waals surface area contributed by atoms with Crippen LogP contribution < -0.4 is 4.90 Å². The maximum Gasteiger partial charge on any atom is 0.183 e. The number of rotatable bonds is 1. The molecule has 0 aromatic carbocycles. The fraction of sp³-hybridized carbons (Fsp3) is 0.500. The minimum Gasteiger partial charge on any atom is -0.347 e. The minimum absolute atomic E-state index is 0.313. The Balaban J connectivity index is 1.97. The largest absolute Gasteiger partial charge is 0.347 e. The predicted molar refractivity (Wildman–Crippen MR) is 59.7 cm³/mol. The molecule has 3 heterocycles. The van der Waals surface area contributed by atoms with E-state index in [4.69, 9.17) is 0 Å². The molecule has 3 rings (SSSR count). The van der Waals surface area contributed by atoms with E-state index in [0.717, 1.165) is 25.7 Å². The monoisotopic (exact) mass is 219 g/mol. The summed E-state index contributed by atoms with van der Waals surface area (Å²) in [7, 11) is 0. The topological polar surface area (TPSA) is 29.0 Å². The van der Waals surface area contributed by atoms with Gasteiger partial charge in [-0.2, -0.15) is 0 Å². The zero-order chi connectivity index (χ0) is 11.1. The lowest BCUT2D eigenvalue weighted by Gasteiger charge is -2.36. The molecule has 0 saturated carbocycles. The maximum absolute atomic E-state index is 13.7. The van der Waals surface area contributed by atoms with Gasteiger partial charge in [0.05, 0.1) is 6.20 Å². The van der Waals surface area contributed by atoms with E-state index in [0.29, 0.717) is 17.9 Å². The Labute approximate surface area is 94.0 Å². The lowest BCUT2D eigenvalue weighted by Crippen LogP contribution is -2.41. The van der Waals surface area contributed by atoms with Crippen LogP contribution in [0.15, 0.2) is 24.7 Å². The number of aromatic nitrogens is 2. The first-order chi connectivity index (χ1) is 7.75. The maximum atomic E-state index is 13.7. The smallest absolute Gasteiger partial charge is 0.183 e. The Kier molecular flexibility index (Phi) is 2.16. The predicted octanol–water partition coefficient (Wildman–Crippen LogP) is 2.30. The van der Waals surface area contributed by atoms with E-state index in [9.17, 15) is 4.39 Å². The van der Waals surface area contributed by atoms with Crippen LogP contribution in [0, 0.1) is 5.82 Å². The van der Waals surface area contributed by atoms with E-state index in [2.05, 4.69) is 21.4 Å². The molecule has 1 aromatic rings. The van der Waals surface area contributed by atoms with Crippen LogP contribution in [0.2, 0.25) is 0 Å². The van der Waals surface area contributed by atoms with Gasteiger partial charge < -0.3 is 4.90 Å². The van der Waals surface area contributed by atoms with Crippen LogP contribution in [0.25, 0.3) is 0 Å². The quantitative estimate of drug-likeness (QED) is 0.679. The highest BCUT2D eigenvalue weighted by Crippen LogP contribution is 2.40. The highest BCUT2D eigenvalue weighted by atomic mass is 19.1. The highest BCUT2D eigenvalue weighted by Gasteiger charge is 2.39. The Morgan fingerprint density at radius 1 is 1.31 bits per heavy atom. The molecule has 2 aliphatic rings. The SMILES string of the molecule is C=C1CC2CCC(C1)N2c1ncncc1F. The average Bonchev–Trinajstić information content (AvgIpc) is 2.53. The summed E-state index contributed by atoms with van der Waals surface area (Å²) >= 11 is 0. The van der Waals surface area contributed by atoms with Crippen LogP contribution >= 0.6 is 0 Å². The van der Waals surface area contributed by atoms with Crippen molar-refractivity contribution >= 4 is 5.82 Å². The molecule has 84 valence electrons. The van der Waals surface area contributed by atoms with Crippen molar-refractivity contribution < 1.29 is 4.39 Å². The van der Waals surface area contributed by atoms with Gasteiger partial charge in [0.1, 0.15) is 6.33 Å². The fourth-order valence-corrected chi connectivity index (χ4v) is 2.95. The Bertz CT molecular complexity index is 416. The second-order valence-electron chi connectivity index (χ2n) is 4.64. The first kappa shape index (κ1) is 9.75. The molecule has 2 fully saturated rings. The van der Waals surface area contributed by atoms with E-state index >= 15 is 0 Å². The summed E-state index contributed by atoms with van der Waals surface area (Å²) in [5.41, 5.74) is 1.29. The van der Waals surface area contributed by atoms with Gasteiger partial charge in [-0.3, -0.25) is 0 Å². The number of halogens is 1. The molecule has 2 aliphatic heterocycles. The molecule has 2 bridgehead atoms. The second-order valence-corrected chi connectivity index (χ2v) is 4.64. The van der Waals surface area contributed by atoms with Crippen molar-refractivity contribution in [3.05, 3.63) is 30.5 Å². The van der Waals surface area contributed by atoms with E-state index in [1.54, 1.807) is 0 Å². The highest BCUT2D eigenvalue weighted by molar-refractivity contribution is 5.45. The number of hydrogen-bond donors (Lipinski definition) is 0. The molecule has 0 aliphatic carbocycles. The van der Waals surface area contributed by atoms with Crippen molar-refractivity contribution in [3.8, 4) is 0 Å². The molecule has 2 unspecified atom stereocenters. The molecule has 2 atom stereocenters. The molecule has 3 nitrogen and oxygen atoms in total. The van der Waals surface area contributed by atoms with Gasteiger partial charge in [0.25, 0.3) is 0 Å². The summed E-state index contributed by atoms with van der Waals surface area (Å²) in [5.74, 6) is 0.155. The molecule has 0 amide bonds. The van der Waals surface area contributed by atoms with E-state index in [-0.39, 0.29) is 5.82 Å². The zero-order valence-electron chi connectivity index (χ0n) is 9.06. The number of hydrogen-bond acceptors (Lipinski definition) is 3. The molecule has 16 heavy (non-hydrogen) atoms. The third-order valence-electron chi connectivity index (χ3n) is 3.56. The van der Waals surface area contributed by atoms with Crippen LogP contribution in [0.4, 0.5) is 10.2 Å². The van der Waals surface area contributed by atoms with E-state index < -0.39 is 0 Å². The van der Waals surface area contributed by atoms with Gasteiger partial charge in [-0.05, 0) is 25.7 Å². The lowest BCUT2D eigenvalue weighted by atomic mass is 9.98. The van der Waals surface area contributed by atoms with Crippen LogP contribution in [0.5, 0.6) is 0 Å². The standard InChI is InChI=1S/C12H14FN3/c1-8-4-9-2-3-10(5-8)16(9)12-11(13)6-14-7-15-12/h6-7,9-10H,1-5H2. The first-order valence-corrected chi connectivity index (χ1v) is 5.66. The zero-order valence-corrected chi connectivity index (χ0v) is 9.06. The number of fused-ring (bicyclic) bond motifs is 2. The average molecular weight is 219 g/mol. The molecular weight excluding hydrogens is 205 g/mol. The van der Waals surface area contributed by atoms with Gasteiger partial charge in [-0.1, -0.05) is 12.2 Å². The van der Waals surface area contributed by atoms with Crippen LogP contribution in [0.1, 0.15) is 25.7 Å². The van der Waals surface area contributed by atoms with E-state index in [1.165, 1.54) is 18.1 Å². The Hall–Kier alpha value is -1.45. The summed E-state index contributed by atoms with van der Waals surface area (Å²) in [6, 6.07) is 0.770. The number of piperidine rings is 1. The van der Waals surface area contributed by atoms with Crippen LogP contribution in [-0.2, 0) is 0 Å². The van der Waals surface area contributed by atoms with Crippen LogP contribution in [-0.4, -0.2) is 22.1 Å². The molecule has 0 N–H and O–H groups in total. The van der Waals surface area contributed by atoms with Crippen molar-refractivity contribution in [3.63, 3.8) is 0 Å². The summed E-state index contributed by atoms with van der Waals surface area (Å²) < 4.78 is 13.7. The van der Waals surface area contributed by atoms with Crippen molar-refractivity contribution in [2.75, 3.05) is 4.90 Å². The molecule has 1 aromatic heterocycles. The Morgan fingerprint density at radius 2 is 2.00 bits per heavy atom. The van der Waals surface area contributed by atoms with Gasteiger partial charge in [-0.25, -0.2) is 14.4 Å². The molecular formula is C12H14FN3. The van der Waals surface area contributed by atoms with Gasteiger partial charge in [-0.15, -0.1) is 0 Å². The minimum atomic E-state index is -0.313. The third kappa shape index (κ3) is 1.40. The molecule has 4 heteroatoms. The number of anilines is 1. The van der Waals surface area contributed by atoms with E-state index in [1.807, 2.05) is 0 Å². The van der Waals surface area contributed by atoms with Gasteiger partial charge >= 0.3 is 0 Å². The summed E-state index contributed by atoms with van der Waals surface area (Å²) in [6.07, 6.45) is 6.84. The fourth-order valence-electron chi connectivity index (χ4n) is 2.95. The van der Waals surface area contributed by atoms with Crippen LogP contribution in [0.3, 0.4) is 0 Å². The lowest BCUT2D eigenvalue weighted by molar-refractivity contribution is 0.521.